The number of benzene rings is 3. The van der Waals surface area contributed by atoms with Gasteiger partial charge in [0.15, 0.2) is 0 Å². The van der Waals surface area contributed by atoms with Gasteiger partial charge in [-0.25, -0.2) is 9.48 Å². The van der Waals surface area contributed by atoms with Gasteiger partial charge >= 0.3 is 12.1 Å². The van der Waals surface area contributed by atoms with Gasteiger partial charge in [0, 0.05) is 18.1 Å². The molecule has 3 aromatic carbocycles. The first kappa shape index (κ1) is 22.7. The molecule has 0 aliphatic rings. The number of hydrogen-bond donors (Lipinski definition) is 2. The molecule has 7 nitrogen and oxygen atoms in total. The molecule has 0 aliphatic carbocycles. The van der Waals surface area contributed by atoms with Crippen LogP contribution in [0.4, 0.5) is 18.9 Å². The van der Waals surface area contributed by atoms with Crippen LogP contribution in [0.2, 0.25) is 0 Å². The summed E-state index contributed by atoms with van der Waals surface area (Å²) in [5.74, 6) is -1.69. The number of nitrogens with one attached hydrogen (secondary N) is 1. The standard InChI is InChI=1S/C24H17F3N4O3/c1-14(32)28-22-19(15-5-3-2-4-6-15)11-18(12-20(22)23(33)34)31-13-21(29-30-31)16-7-9-17(10-8-16)24(25,26)27/h2-13H,1H3,(H,28,32)(H,33,34). The van der Waals surface area contributed by atoms with Gasteiger partial charge in [-0.15, -0.1) is 5.10 Å². The van der Waals surface area contributed by atoms with Crippen molar-refractivity contribution in [1.29, 1.82) is 0 Å². The third kappa shape index (κ3) is 4.65. The molecule has 172 valence electrons. The Bertz CT molecular complexity index is 1360. The third-order valence-electron chi connectivity index (χ3n) is 5.01. The summed E-state index contributed by atoms with van der Waals surface area (Å²) in [5.41, 5.74) is 1.38. The van der Waals surface area contributed by atoms with E-state index in [1.807, 2.05) is 0 Å². The van der Waals surface area contributed by atoms with E-state index in [1.165, 1.54) is 36.0 Å². The van der Waals surface area contributed by atoms with Gasteiger partial charge in [0.1, 0.15) is 5.69 Å². The van der Waals surface area contributed by atoms with E-state index in [-0.39, 0.29) is 11.3 Å². The SMILES string of the molecule is CC(=O)Nc1c(C(=O)O)cc(-n2cc(-c3ccc(C(F)(F)F)cc3)nn2)cc1-c1ccccc1. The predicted molar refractivity (Wildman–Crippen MR) is 118 cm³/mol. The number of aromatic nitrogens is 3. The number of nitrogens with zero attached hydrogens (tertiary/aromatic N) is 3. The molecule has 0 saturated heterocycles. The van der Waals surface area contributed by atoms with Crippen molar-refractivity contribution in [3.05, 3.63) is 84.1 Å². The molecule has 4 rings (SSSR count). The van der Waals surface area contributed by atoms with E-state index in [4.69, 9.17) is 0 Å². The van der Waals surface area contributed by atoms with E-state index in [2.05, 4.69) is 15.6 Å². The van der Waals surface area contributed by atoms with Gasteiger partial charge in [0.05, 0.1) is 28.7 Å². The van der Waals surface area contributed by atoms with Crippen LogP contribution in [0.3, 0.4) is 0 Å². The molecular weight excluding hydrogens is 449 g/mol. The summed E-state index contributed by atoms with van der Waals surface area (Å²) in [6.45, 7) is 1.28. The lowest BCUT2D eigenvalue weighted by molar-refractivity contribution is -0.137. The first-order valence-corrected chi connectivity index (χ1v) is 9.98. The molecule has 0 fully saturated rings. The van der Waals surface area contributed by atoms with Gasteiger partial charge < -0.3 is 10.4 Å². The summed E-state index contributed by atoms with van der Waals surface area (Å²) in [4.78, 5) is 23.8. The van der Waals surface area contributed by atoms with Crippen LogP contribution in [0, 0.1) is 0 Å². The number of carboxylic acid groups (broad SMARTS) is 1. The molecule has 34 heavy (non-hydrogen) atoms. The Labute approximate surface area is 191 Å². The monoisotopic (exact) mass is 466 g/mol. The number of carbonyl (C=O) groups is 2. The summed E-state index contributed by atoms with van der Waals surface area (Å²) in [5, 5.41) is 20.4. The fourth-order valence-electron chi connectivity index (χ4n) is 3.44. The number of carbonyl (C=O) groups excluding carboxylic acids is 1. The van der Waals surface area contributed by atoms with Crippen molar-refractivity contribution in [2.24, 2.45) is 0 Å². The number of aromatic carboxylic acids is 1. The molecule has 4 aromatic rings. The van der Waals surface area contributed by atoms with Gasteiger partial charge in [-0.1, -0.05) is 47.7 Å². The highest BCUT2D eigenvalue weighted by Crippen LogP contribution is 2.35. The molecule has 10 heteroatoms. The first-order valence-electron chi connectivity index (χ1n) is 9.98. The molecule has 0 atom stereocenters. The lowest BCUT2D eigenvalue weighted by atomic mass is 9.98. The second kappa shape index (κ2) is 8.81. The Hall–Kier alpha value is -4.47. The van der Waals surface area contributed by atoms with Crippen molar-refractivity contribution < 1.29 is 27.9 Å². The lowest BCUT2D eigenvalue weighted by Crippen LogP contribution is -2.13. The van der Waals surface area contributed by atoms with E-state index in [9.17, 15) is 27.9 Å². The third-order valence-corrected chi connectivity index (χ3v) is 5.01. The molecule has 1 heterocycles. The normalized spacial score (nSPS) is 11.3. The van der Waals surface area contributed by atoms with Crippen LogP contribution in [0.25, 0.3) is 28.1 Å². The fraction of sp³-hybridized carbons (Fsp3) is 0.0833. The number of carboxylic acids is 1. The van der Waals surface area contributed by atoms with E-state index < -0.39 is 23.6 Å². The summed E-state index contributed by atoms with van der Waals surface area (Å²) in [7, 11) is 0. The van der Waals surface area contributed by atoms with Crippen LogP contribution in [0.15, 0.2) is 72.9 Å². The van der Waals surface area contributed by atoms with Gasteiger partial charge in [-0.05, 0) is 29.8 Å². The topological polar surface area (TPSA) is 97.1 Å². The summed E-state index contributed by atoms with van der Waals surface area (Å²) in [6, 6.07) is 16.4. The molecular formula is C24H17F3N4O3. The molecule has 0 spiro atoms. The highest BCUT2D eigenvalue weighted by atomic mass is 19.4. The molecule has 0 unspecified atom stereocenters. The smallest absolute Gasteiger partial charge is 0.416 e. The number of halogens is 3. The second-order valence-electron chi connectivity index (χ2n) is 7.39. The summed E-state index contributed by atoms with van der Waals surface area (Å²) >= 11 is 0. The van der Waals surface area contributed by atoms with Crippen LogP contribution in [0.1, 0.15) is 22.8 Å². The zero-order chi connectivity index (χ0) is 24.5. The number of alkyl halides is 3. The Kier molecular flexibility index (Phi) is 5.89. The largest absolute Gasteiger partial charge is 0.478 e. The Morgan fingerprint density at radius 3 is 2.24 bits per heavy atom. The van der Waals surface area contributed by atoms with Gasteiger partial charge in [-0.3, -0.25) is 4.79 Å². The molecule has 0 aliphatic heterocycles. The van der Waals surface area contributed by atoms with Crippen LogP contribution in [-0.2, 0) is 11.0 Å². The van der Waals surface area contributed by atoms with E-state index in [0.29, 0.717) is 28.1 Å². The van der Waals surface area contributed by atoms with Gasteiger partial charge in [0.25, 0.3) is 0 Å². The average molecular weight is 466 g/mol. The highest BCUT2D eigenvalue weighted by Gasteiger charge is 2.30. The maximum absolute atomic E-state index is 12.8. The van der Waals surface area contributed by atoms with Crippen LogP contribution >= 0.6 is 0 Å². The summed E-state index contributed by atoms with van der Waals surface area (Å²) < 4.78 is 39.8. The second-order valence-corrected chi connectivity index (χ2v) is 7.39. The van der Waals surface area contributed by atoms with Gasteiger partial charge in [0.2, 0.25) is 5.91 Å². The van der Waals surface area contributed by atoms with Crippen molar-refractivity contribution in [1.82, 2.24) is 15.0 Å². The minimum Gasteiger partial charge on any atom is -0.478 e. The Morgan fingerprint density at radius 1 is 0.971 bits per heavy atom. The fourth-order valence-corrected chi connectivity index (χ4v) is 3.44. The number of anilines is 1. The molecule has 0 bridgehead atoms. The number of rotatable bonds is 5. The zero-order valence-corrected chi connectivity index (χ0v) is 17.7. The van der Waals surface area contributed by atoms with E-state index in [1.54, 1.807) is 36.4 Å². The molecule has 1 aromatic heterocycles. The lowest BCUT2D eigenvalue weighted by Gasteiger charge is -2.15. The van der Waals surface area contributed by atoms with Crippen molar-refractivity contribution in [2.45, 2.75) is 13.1 Å². The summed E-state index contributed by atoms with van der Waals surface area (Å²) in [6.07, 6.45) is -2.97. The Balaban J connectivity index is 1.81. The number of amides is 1. The van der Waals surface area contributed by atoms with E-state index in [0.717, 1.165) is 12.1 Å². The zero-order valence-electron chi connectivity index (χ0n) is 17.7. The molecule has 0 radical (unpaired) electrons. The average Bonchev–Trinajstić information content (AvgIpc) is 3.29. The van der Waals surface area contributed by atoms with Crippen LogP contribution < -0.4 is 5.32 Å². The predicted octanol–water partition coefficient (Wildman–Crippen LogP) is 5.28. The molecule has 0 saturated carbocycles. The quantitative estimate of drug-likeness (QED) is 0.417. The molecule has 1 amide bonds. The maximum atomic E-state index is 12.8. The van der Waals surface area contributed by atoms with Crippen molar-refractivity contribution in [2.75, 3.05) is 5.32 Å². The van der Waals surface area contributed by atoms with E-state index >= 15 is 0 Å². The number of hydrogen-bond acceptors (Lipinski definition) is 4. The molecule has 2 N–H and O–H groups in total. The van der Waals surface area contributed by atoms with Crippen molar-refractivity contribution >= 4 is 17.6 Å². The van der Waals surface area contributed by atoms with Crippen molar-refractivity contribution in [3.63, 3.8) is 0 Å². The maximum Gasteiger partial charge on any atom is 0.416 e. The van der Waals surface area contributed by atoms with Gasteiger partial charge in [-0.2, -0.15) is 13.2 Å². The minimum atomic E-state index is -4.45. The van der Waals surface area contributed by atoms with Crippen LogP contribution in [0.5, 0.6) is 0 Å². The minimum absolute atomic E-state index is 0.137. The first-order chi connectivity index (χ1) is 16.1. The van der Waals surface area contributed by atoms with Crippen LogP contribution in [-0.4, -0.2) is 32.0 Å². The highest BCUT2D eigenvalue weighted by molar-refractivity contribution is 6.05. The van der Waals surface area contributed by atoms with Crippen molar-refractivity contribution in [3.8, 4) is 28.1 Å². The Morgan fingerprint density at radius 2 is 1.65 bits per heavy atom.